The van der Waals surface area contributed by atoms with Gasteiger partial charge in [-0.15, -0.1) is 11.8 Å². The number of hydrogen-bond acceptors (Lipinski definition) is 3. The van der Waals surface area contributed by atoms with Gasteiger partial charge >= 0.3 is 6.03 Å². The molecule has 0 atom stereocenters. The molecular weight excluding hydrogens is 360 g/mol. The maximum absolute atomic E-state index is 13.5. The summed E-state index contributed by atoms with van der Waals surface area (Å²) in [5.41, 5.74) is 1.17. The lowest BCUT2D eigenvalue weighted by Gasteiger charge is -2.09. The highest BCUT2D eigenvalue weighted by molar-refractivity contribution is 8.00. The fourth-order valence-electron chi connectivity index (χ4n) is 2.15. The van der Waals surface area contributed by atoms with Crippen LogP contribution in [0.15, 0.2) is 47.4 Å². The summed E-state index contributed by atoms with van der Waals surface area (Å²) in [5.74, 6) is -1.67. The van der Waals surface area contributed by atoms with Crippen molar-refractivity contribution in [1.29, 1.82) is 0 Å². The van der Waals surface area contributed by atoms with Gasteiger partial charge in [0.05, 0.1) is 5.75 Å². The maximum Gasteiger partial charge on any atom is 0.319 e. The normalized spacial score (nSPS) is 13.2. The van der Waals surface area contributed by atoms with Crippen LogP contribution in [0.1, 0.15) is 12.8 Å². The first-order chi connectivity index (χ1) is 12.5. The molecule has 1 saturated carbocycles. The van der Waals surface area contributed by atoms with Crippen molar-refractivity contribution < 1.29 is 18.4 Å². The van der Waals surface area contributed by atoms with E-state index in [1.165, 1.54) is 6.07 Å². The van der Waals surface area contributed by atoms with Crippen molar-refractivity contribution in [2.75, 3.05) is 16.4 Å². The van der Waals surface area contributed by atoms with E-state index in [0.717, 1.165) is 36.7 Å². The molecule has 1 aliphatic carbocycles. The molecule has 3 amide bonds. The van der Waals surface area contributed by atoms with Gasteiger partial charge in [-0.1, -0.05) is 0 Å². The Kier molecular flexibility index (Phi) is 5.72. The average Bonchev–Trinajstić information content (AvgIpc) is 3.39. The number of carbonyl (C=O) groups is 2. The van der Waals surface area contributed by atoms with Crippen LogP contribution in [0.3, 0.4) is 0 Å². The van der Waals surface area contributed by atoms with Gasteiger partial charge in [-0.3, -0.25) is 4.79 Å². The summed E-state index contributed by atoms with van der Waals surface area (Å²) in [4.78, 5) is 23.8. The molecule has 2 aromatic rings. The summed E-state index contributed by atoms with van der Waals surface area (Å²) in [6.07, 6.45) is 2.02. The van der Waals surface area contributed by atoms with Gasteiger partial charge in [-0.25, -0.2) is 13.6 Å². The lowest BCUT2D eigenvalue weighted by molar-refractivity contribution is -0.113. The van der Waals surface area contributed by atoms with Gasteiger partial charge in [0.1, 0.15) is 11.6 Å². The van der Waals surface area contributed by atoms with Gasteiger partial charge in [0.25, 0.3) is 0 Å². The van der Waals surface area contributed by atoms with Crippen molar-refractivity contribution in [2.45, 2.75) is 23.8 Å². The summed E-state index contributed by atoms with van der Waals surface area (Å²) < 4.78 is 26.4. The largest absolute Gasteiger partial charge is 0.335 e. The minimum Gasteiger partial charge on any atom is -0.335 e. The summed E-state index contributed by atoms with van der Waals surface area (Å²) in [6, 6.07) is 9.93. The van der Waals surface area contributed by atoms with Crippen LogP contribution in [-0.4, -0.2) is 23.7 Å². The summed E-state index contributed by atoms with van der Waals surface area (Å²) >= 11 is 0.987. The molecule has 0 radical (unpaired) electrons. The highest BCUT2D eigenvalue weighted by atomic mass is 32.2. The van der Waals surface area contributed by atoms with Crippen molar-refractivity contribution in [3.63, 3.8) is 0 Å². The van der Waals surface area contributed by atoms with Crippen LogP contribution >= 0.6 is 11.8 Å². The van der Waals surface area contributed by atoms with Crippen molar-refractivity contribution >= 4 is 35.1 Å². The number of benzene rings is 2. The van der Waals surface area contributed by atoms with Gasteiger partial charge < -0.3 is 16.0 Å². The number of anilines is 2. The average molecular weight is 377 g/mol. The predicted molar refractivity (Wildman–Crippen MR) is 97.3 cm³/mol. The van der Waals surface area contributed by atoms with Crippen LogP contribution in [0.4, 0.5) is 25.0 Å². The molecule has 0 heterocycles. The first kappa shape index (κ1) is 18.2. The van der Waals surface area contributed by atoms with Gasteiger partial charge in [0, 0.05) is 28.4 Å². The molecule has 0 aliphatic heterocycles. The fraction of sp³-hybridized carbons (Fsp3) is 0.222. The predicted octanol–water partition coefficient (Wildman–Crippen LogP) is 3.98. The van der Waals surface area contributed by atoms with Crippen LogP contribution < -0.4 is 16.0 Å². The molecule has 0 aromatic heterocycles. The van der Waals surface area contributed by atoms with Crippen LogP contribution in [0.5, 0.6) is 0 Å². The van der Waals surface area contributed by atoms with E-state index in [0.29, 0.717) is 11.4 Å². The Morgan fingerprint density at radius 2 is 1.65 bits per heavy atom. The quantitative estimate of drug-likeness (QED) is 0.667. The zero-order valence-electron chi connectivity index (χ0n) is 13.7. The van der Waals surface area contributed by atoms with Crippen molar-refractivity contribution in [3.8, 4) is 0 Å². The zero-order chi connectivity index (χ0) is 18.5. The molecule has 0 unspecified atom stereocenters. The minimum atomic E-state index is -0.692. The molecule has 26 heavy (non-hydrogen) atoms. The molecule has 0 saturated heterocycles. The molecule has 1 aliphatic rings. The second-order valence-corrected chi connectivity index (χ2v) is 6.88. The van der Waals surface area contributed by atoms with E-state index in [4.69, 9.17) is 0 Å². The van der Waals surface area contributed by atoms with E-state index in [1.54, 1.807) is 24.3 Å². The van der Waals surface area contributed by atoms with E-state index < -0.39 is 11.6 Å². The van der Waals surface area contributed by atoms with Gasteiger partial charge in [-0.05, 0) is 49.2 Å². The molecule has 3 N–H and O–H groups in total. The van der Waals surface area contributed by atoms with Gasteiger partial charge in [0.2, 0.25) is 5.91 Å². The summed E-state index contributed by atoms with van der Waals surface area (Å²) in [7, 11) is 0. The van der Waals surface area contributed by atoms with Gasteiger partial charge in [0.15, 0.2) is 0 Å². The zero-order valence-corrected chi connectivity index (χ0v) is 14.5. The molecule has 0 spiro atoms. The van der Waals surface area contributed by atoms with E-state index >= 15 is 0 Å². The Bertz CT molecular complexity index is 811. The van der Waals surface area contributed by atoms with Crippen LogP contribution in [-0.2, 0) is 4.79 Å². The molecule has 5 nitrogen and oxygen atoms in total. The Balaban J connectivity index is 1.46. The van der Waals surface area contributed by atoms with Crippen molar-refractivity contribution in [2.24, 2.45) is 0 Å². The Morgan fingerprint density at radius 1 is 1.00 bits per heavy atom. The summed E-state index contributed by atoms with van der Waals surface area (Å²) in [6.45, 7) is 0. The number of hydrogen-bond donors (Lipinski definition) is 3. The van der Waals surface area contributed by atoms with E-state index in [1.807, 2.05) is 0 Å². The molecule has 3 rings (SSSR count). The molecule has 1 fully saturated rings. The number of nitrogens with one attached hydrogen (secondary N) is 3. The number of rotatable bonds is 6. The van der Waals surface area contributed by atoms with Gasteiger partial charge in [-0.2, -0.15) is 0 Å². The molecule has 0 bridgehead atoms. The second kappa shape index (κ2) is 8.18. The first-order valence-electron chi connectivity index (χ1n) is 8.05. The number of halogens is 2. The number of amides is 3. The Hall–Kier alpha value is -2.61. The summed E-state index contributed by atoms with van der Waals surface area (Å²) in [5, 5.41) is 8.21. The van der Waals surface area contributed by atoms with Crippen LogP contribution in [0.2, 0.25) is 0 Å². The van der Waals surface area contributed by atoms with Crippen LogP contribution in [0.25, 0.3) is 0 Å². The molecule has 8 heteroatoms. The molecule has 2 aromatic carbocycles. The maximum atomic E-state index is 13.5. The fourth-order valence-corrected chi connectivity index (χ4v) is 2.87. The Morgan fingerprint density at radius 3 is 2.27 bits per heavy atom. The third kappa shape index (κ3) is 5.45. The van der Waals surface area contributed by atoms with E-state index in [-0.39, 0.29) is 28.6 Å². The third-order valence-electron chi connectivity index (χ3n) is 3.59. The Labute approximate surface area is 153 Å². The SMILES string of the molecule is O=C(CSc1ccc(F)cc1F)Nc1ccc(NC(=O)NC2CC2)cc1. The molecule has 136 valence electrons. The second-order valence-electron chi connectivity index (χ2n) is 5.86. The lowest BCUT2D eigenvalue weighted by Crippen LogP contribution is -2.30. The van der Waals surface area contributed by atoms with Crippen molar-refractivity contribution in [1.82, 2.24) is 5.32 Å². The van der Waals surface area contributed by atoms with Crippen LogP contribution in [0, 0.1) is 11.6 Å². The molecular formula is C18H17F2N3O2S. The number of carbonyl (C=O) groups excluding carboxylic acids is 2. The van der Waals surface area contributed by atoms with Crippen molar-refractivity contribution in [3.05, 3.63) is 54.1 Å². The highest BCUT2D eigenvalue weighted by Crippen LogP contribution is 2.23. The topological polar surface area (TPSA) is 70.2 Å². The monoisotopic (exact) mass is 377 g/mol. The standard InChI is InChI=1S/C18H17F2N3O2S/c19-11-1-8-16(15(20)9-11)26-10-17(24)21-12-2-4-13(5-3-12)22-18(25)23-14-6-7-14/h1-5,8-9,14H,6-7,10H2,(H,21,24)(H2,22,23,25). The third-order valence-corrected chi connectivity index (χ3v) is 4.64. The number of thioether (sulfide) groups is 1. The minimum absolute atomic E-state index is 0.00759. The lowest BCUT2D eigenvalue weighted by atomic mass is 10.3. The number of urea groups is 1. The first-order valence-corrected chi connectivity index (χ1v) is 9.03. The smallest absolute Gasteiger partial charge is 0.319 e. The van der Waals surface area contributed by atoms with E-state index in [9.17, 15) is 18.4 Å². The highest BCUT2D eigenvalue weighted by Gasteiger charge is 2.23. The van der Waals surface area contributed by atoms with E-state index in [2.05, 4.69) is 16.0 Å².